The van der Waals surface area contributed by atoms with Crippen molar-refractivity contribution in [3.05, 3.63) is 81.7 Å². The minimum Gasteiger partial charge on any atom is -0.0622 e. The molecule has 5 aromatic carbocycles. The van der Waals surface area contributed by atoms with Gasteiger partial charge in [-0.15, -0.1) is 0 Å². The fourth-order valence-corrected chi connectivity index (χ4v) is 5.11. The summed E-state index contributed by atoms with van der Waals surface area (Å²) < 4.78 is 2.25. The van der Waals surface area contributed by atoms with Gasteiger partial charge in [0.05, 0.1) is 0 Å². The quantitative estimate of drug-likeness (QED) is 0.236. The highest BCUT2D eigenvalue weighted by atomic mass is 79.9. The molecule has 0 N–H and O–H groups in total. The second kappa shape index (κ2) is 5.30. The molecule has 0 saturated heterocycles. The first kappa shape index (κ1) is 14.4. The maximum atomic E-state index is 3.73. The first-order valence-electron chi connectivity index (χ1n) is 7.85. The highest BCUT2D eigenvalue weighted by molar-refractivity contribution is 9.11. The highest BCUT2D eigenvalue weighted by Crippen LogP contribution is 2.43. The molecule has 0 bridgehead atoms. The smallest absolute Gasteiger partial charge is 0.0265 e. The molecule has 0 nitrogen and oxygen atoms in total. The van der Waals surface area contributed by atoms with Gasteiger partial charge in [0.1, 0.15) is 0 Å². The molecular formula is C22H12Br2. The largest absolute Gasteiger partial charge is 0.0622 e. The van der Waals surface area contributed by atoms with E-state index in [1.165, 1.54) is 43.4 Å². The van der Waals surface area contributed by atoms with Gasteiger partial charge >= 0.3 is 0 Å². The molecular weight excluding hydrogens is 424 g/mol. The van der Waals surface area contributed by atoms with Crippen LogP contribution < -0.4 is 0 Å². The number of hydrogen-bond donors (Lipinski definition) is 0. The molecule has 0 fully saturated rings. The van der Waals surface area contributed by atoms with Gasteiger partial charge in [0.15, 0.2) is 0 Å². The van der Waals surface area contributed by atoms with Crippen LogP contribution in [0.1, 0.15) is 0 Å². The lowest BCUT2D eigenvalue weighted by molar-refractivity contribution is 1.66. The van der Waals surface area contributed by atoms with E-state index in [1.807, 2.05) is 0 Å². The van der Waals surface area contributed by atoms with Crippen LogP contribution in [0.15, 0.2) is 81.7 Å². The van der Waals surface area contributed by atoms with Crippen LogP contribution in [0.3, 0.4) is 0 Å². The van der Waals surface area contributed by atoms with E-state index in [2.05, 4.69) is 105 Å². The Morgan fingerprint density at radius 1 is 0.542 bits per heavy atom. The van der Waals surface area contributed by atoms with Crippen LogP contribution in [0.25, 0.3) is 43.4 Å². The summed E-state index contributed by atoms with van der Waals surface area (Å²) in [7, 11) is 0. The second-order valence-electron chi connectivity index (χ2n) is 6.07. The van der Waals surface area contributed by atoms with Crippen LogP contribution in [0.5, 0.6) is 0 Å². The summed E-state index contributed by atoms with van der Waals surface area (Å²) in [5, 5.41) is 7.78. The van der Waals surface area contributed by atoms with Gasteiger partial charge in [-0.05, 0) is 49.5 Å². The van der Waals surface area contributed by atoms with Crippen LogP contribution in [0.2, 0.25) is 0 Å². The van der Waals surface area contributed by atoms with E-state index in [9.17, 15) is 0 Å². The van der Waals surface area contributed by atoms with E-state index in [-0.39, 0.29) is 0 Å². The number of benzene rings is 5. The Kier molecular flexibility index (Phi) is 3.19. The molecule has 5 aromatic rings. The van der Waals surface area contributed by atoms with Crippen molar-refractivity contribution in [2.75, 3.05) is 0 Å². The van der Waals surface area contributed by atoms with E-state index in [0.717, 1.165) is 8.95 Å². The minimum atomic E-state index is 1.13. The van der Waals surface area contributed by atoms with Crippen molar-refractivity contribution in [1.29, 1.82) is 0 Å². The highest BCUT2D eigenvalue weighted by Gasteiger charge is 2.14. The fraction of sp³-hybridized carbons (Fsp3) is 0. The zero-order valence-corrected chi connectivity index (χ0v) is 15.9. The third-order valence-electron chi connectivity index (χ3n) is 4.77. The van der Waals surface area contributed by atoms with Crippen molar-refractivity contribution >= 4 is 64.2 Å². The molecule has 0 saturated carbocycles. The molecule has 0 aliphatic heterocycles. The summed E-state index contributed by atoms with van der Waals surface area (Å²) >= 11 is 7.45. The second-order valence-corrected chi connectivity index (χ2v) is 7.77. The molecule has 0 aliphatic carbocycles. The monoisotopic (exact) mass is 434 g/mol. The Morgan fingerprint density at radius 3 is 1.92 bits per heavy atom. The van der Waals surface area contributed by atoms with Crippen LogP contribution >= 0.6 is 31.9 Å². The standard InChI is InChI=1S/C22H12Br2/c23-19-12-20(24)18-11-10-16-15(13-4-2-1-3-5-13)8-6-14-7-9-17(19)22(18)21(14)16/h1-12H. The summed E-state index contributed by atoms with van der Waals surface area (Å²) in [5.74, 6) is 0. The van der Waals surface area contributed by atoms with Gasteiger partial charge in [-0.25, -0.2) is 0 Å². The van der Waals surface area contributed by atoms with Gasteiger partial charge in [0.2, 0.25) is 0 Å². The van der Waals surface area contributed by atoms with E-state index < -0.39 is 0 Å². The molecule has 114 valence electrons. The lowest BCUT2D eigenvalue weighted by Crippen LogP contribution is -1.88. The molecule has 0 atom stereocenters. The summed E-state index contributed by atoms with van der Waals surface area (Å²) in [6, 6.07) is 26.1. The third kappa shape index (κ3) is 1.96. The Bertz CT molecular complexity index is 1190. The van der Waals surface area contributed by atoms with Gasteiger partial charge in [0, 0.05) is 8.95 Å². The lowest BCUT2D eigenvalue weighted by atomic mass is 9.90. The normalized spacial score (nSPS) is 11.8. The first-order valence-corrected chi connectivity index (χ1v) is 9.43. The number of halogens is 2. The topological polar surface area (TPSA) is 0 Å². The molecule has 0 heterocycles. The molecule has 0 spiro atoms. The van der Waals surface area contributed by atoms with Crippen LogP contribution in [0.4, 0.5) is 0 Å². The van der Waals surface area contributed by atoms with E-state index in [1.54, 1.807) is 0 Å². The average Bonchev–Trinajstić information content (AvgIpc) is 2.62. The average molecular weight is 436 g/mol. The molecule has 5 rings (SSSR count). The minimum absolute atomic E-state index is 1.13. The maximum Gasteiger partial charge on any atom is 0.0265 e. The van der Waals surface area contributed by atoms with Crippen molar-refractivity contribution in [3.63, 3.8) is 0 Å². The fourth-order valence-electron chi connectivity index (χ4n) is 3.68. The lowest BCUT2D eigenvalue weighted by Gasteiger charge is -2.15. The van der Waals surface area contributed by atoms with Gasteiger partial charge in [-0.1, -0.05) is 98.6 Å². The number of hydrogen-bond acceptors (Lipinski definition) is 0. The van der Waals surface area contributed by atoms with E-state index >= 15 is 0 Å². The number of rotatable bonds is 1. The van der Waals surface area contributed by atoms with E-state index in [4.69, 9.17) is 0 Å². The SMILES string of the molecule is Brc1cc(Br)c2ccc3c(-c4ccccc4)ccc4ccc1c2c43. The first-order chi connectivity index (χ1) is 11.7. The molecule has 0 aromatic heterocycles. The van der Waals surface area contributed by atoms with Crippen molar-refractivity contribution in [2.24, 2.45) is 0 Å². The summed E-state index contributed by atoms with van der Waals surface area (Å²) in [4.78, 5) is 0. The Hall–Kier alpha value is -1.90. The Morgan fingerprint density at radius 2 is 1.17 bits per heavy atom. The zero-order valence-electron chi connectivity index (χ0n) is 12.7. The summed E-state index contributed by atoms with van der Waals surface area (Å²) in [6.45, 7) is 0. The Labute approximate surface area is 156 Å². The molecule has 0 amide bonds. The van der Waals surface area contributed by atoms with Crippen molar-refractivity contribution in [2.45, 2.75) is 0 Å². The molecule has 24 heavy (non-hydrogen) atoms. The van der Waals surface area contributed by atoms with Crippen LogP contribution in [-0.2, 0) is 0 Å². The molecule has 0 unspecified atom stereocenters. The third-order valence-corrected chi connectivity index (χ3v) is 6.08. The molecule has 0 radical (unpaired) electrons. The van der Waals surface area contributed by atoms with Crippen molar-refractivity contribution in [3.8, 4) is 11.1 Å². The predicted octanol–water partition coefficient (Wildman–Crippen LogP) is 7.78. The summed E-state index contributed by atoms with van der Waals surface area (Å²) in [6.07, 6.45) is 0. The molecule has 0 aliphatic rings. The van der Waals surface area contributed by atoms with Crippen molar-refractivity contribution in [1.82, 2.24) is 0 Å². The van der Waals surface area contributed by atoms with Gasteiger partial charge in [-0.3, -0.25) is 0 Å². The van der Waals surface area contributed by atoms with Crippen LogP contribution in [0, 0.1) is 0 Å². The van der Waals surface area contributed by atoms with Crippen molar-refractivity contribution < 1.29 is 0 Å². The summed E-state index contributed by atoms with van der Waals surface area (Å²) in [5.41, 5.74) is 2.54. The predicted molar refractivity (Wildman–Crippen MR) is 111 cm³/mol. The van der Waals surface area contributed by atoms with Crippen LogP contribution in [-0.4, -0.2) is 0 Å². The maximum absolute atomic E-state index is 3.73. The van der Waals surface area contributed by atoms with Gasteiger partial charge in [0.25, 0.3) is 0 Å². The van der Waals surface area contributed by atoms with Gasteiger partial charge in [-0.2, -0.15) is 0 Å². The van der Waals surface area contributed by atoms with Gasteiger partial charge < -0.3 is 0 Å². The Balaban J connectivity index is 2.04. The zero-order chi connectivity index (χ0) is 16.3. The van der Waals surface area contributed by atoms with E-state index in [0.29, 0.717) is 0 Å². The molecule has 2 heteroatoms.